The molecular formula is C13H20NO2P. The third kappa shape index (κ3) is 3.79. The topological polar surface area (TPSA) is 29.5 Å². The zero-order valence-electron chi connectivity index (χ0n) is 10.9. The highest BCUT2D eigenvalue weighted by Gasteiger charge is 2.15. The van der Waals surface area contributed by atoms with Crippen LogP contribution in [0.2, 0.25) is 0 Å². The van der Waals surface area contributed by atoms with Crippen molar-refractivity contribution in [3.05, 3.63) is 29.8 Å². The minimum Gasteiger partial charge on any atom is -0.458 e. The van der Waals surface area contributed by atoms with Gasteiger partial charge in [0.15, 0.2) is 14.1 Å². The second kappa shape index (κ2) is 6.73. The van der Waals surface area contributed by atoms with Crippen LogP contribution < -0.4 is 4.52 Å². The van der Waals surface area contributed by atoms with Gasteiger partial charge in [-0.1, -0.05) is 26.0 Å². The Morgan fingerprint density at radius 3 is 2.41 bits per heavy atom. The molecule has 1 rings (SSSR count). The highest BCUT2D eigenvalue weighted by atomic mass is 31.2. The van der Waals surface area contributed by atoms with Gasteiger partial charge < -0.3 is 4.52 Å². The van der Waals surface area contributed by atoms with Crippen molar-refractivity contribution in [1.82, 2.24) is 4.67 Å². The molecule has 1 unspecified atom stereocenters. The van der Waals surface area contributed by atoms with E-state index < -0.39 is 8.30 Å². The van der Waals surface area contributed by atoms with Crippen molar-refractivity contribution in [2.24, 2.45) is 0 Å². The zero-order valence-corrected chi connectivity index (χ0v) is 11.8. The number of hydrogen-bond donors (Lipinski definition) is 0. The van der Waals surface area contributed by atoms with Crippen molar-refractivity contribution in [3.8, 4) is 5.75 Å². The molecule has 94 valence electrons. The zero-order chi connectivity index (χ0) is 12.8. The first kappa shape index (κ1) is 14.1. The number of benzene rings is 1. The average Bonchev–Trinajstić information content (AvgIpc) is 2.31. The largest absolute Gasteiger partial charge is 0.458 e. The summed E-state index contributed by atoms with van der Waals surface area (Å²) in [4.78, 5) is 11.5. The maximum Gasteiger partial charge on any atom is 0.163 e. The van der Waals surface area contributed by atoms with Crippen LogP contribution >= 0.6 is 8.30 Å². The van der Waals surface area contributed by atoms with Crippen LogP contribution in [0.1, 0.15) is 31.1 Å². The van der Waals surface area contributed by atoms with Crippen molar-refractivity contribution in [1.29, 1.82) is 0 Å². The first-order chi connectivity index (χ1) is 8.10. The van der Waals surface area contributed by atoms with Gasteiger partial charge in [0.25, 0.3) is 0 Å². The molecule has 4 heteroatoms. The maximum absolute atomic E-state index is 11.5. The summed E-state index contributed by atoms with van der Waals surface area (Å²) in [5.41, 5.74) is 0.661. The smallest absolute Gasteiger partial charge is 0.163 e. The second-order valence-electron chi connectivity index (χ2n) is 3.75. The fraction of sp³-hybridized carbons (Fsp3) is 0.462. The maximum atomic E-state index is 11.5. The molecule has 0 fully saturated rings. The summed E-state index contributed by atoms with van der Waals surface area (Å²) in [6, 6.07) is 7.42. The molecular weight excluding hydrogens is 233 g/mol. The summed E-state index contributed by atoms with van der Waals surface area (Å²) in [6.07, 6.45) is 0. The normalized spacial score (nSPS) is 12.5. The van der Waals surface area contributed by atoms with Crippen molar-refractivity contribution in [2.45, 2.75) is 20.8 Å². The third-order valence-electron chi connectivity index (χ3n) is 2.63. The Morgan fingerprint density at radius 1 is 1.29 bits per heavy atom. The predicted octanol–water partition coefficient (Wildman–Crippen LogP) is 3.55. The first-order valence-corrected chi connectivity index (χ1v) is 7.52. The van der Waals surface area contributed by atoms with E-state index in [2.05, 4.69) is 25.2 Å². The van der Waals surface area contributed by atoms with E-state index in [9.17, 15) is 4.79 Å². The van der Waals surface area contributed by atoms with Crippen LogP contribution in [0.3, 0.4) is 0 Å². The monoisotopic (exact) mass is 253 g/mol. The number of Topliss-reactive ketones (excluding diaryl/α,β-unsaturated/α-hetero) is 1. The van der Waals surface area contributed by atoms with Gasteiger partial charge in [-0.25, -0.2) is 0 Å². The minimum atomic E-state index is -0.680. The number of ketones is 1. The lowest BCUT2D eigenvalue weighted by Gasteiger charge is -2.26. The van der Waals surface area contributed by atoms with Crippen LogP contribution in [0.4, 0.5) is 0 Å². The molecule has 1 aromatic rings. The summed E-state index contributed by atoms with van der Waals surface area (Å²) in [5.74, 6) is 0.740. The third-order valence-corrected chi connectivity index (χ3v) is 4.45. The van der Waals surface area contributed by atoms with E-state index in [4.69, 9.17) is 4.52 Å². The Bertz CT molecular complexity index is 377. The molecule has 0 amide bonds. The first-order valence-electron chi connectivity index (χ1n) is 5.86. The lowest BCUT2D eigenvalue weighted by atomic mass is 10.1. The minimum absolute atomic E-state index is 0.0450. The molecule has 0 aliphatic rings. The fourth-order valence-electron chi connectivity index (χ4n) is 1.66. The van der Waals surface area contributed by atoms with E-state index in [0.717, 1.165) is 13.1 Å². The van der Waals surface area contributed by atoms with Crippen molar-refractivity contribution < 1.29 is 9.32 Å². The lowest BCUT2D eigenvalue weighted by Crippen LogP contribution is -2.19. The van der Waals surface area contributed by atoms with Gasteiger partial charge in [-0.15, -0.1) is 0 Å². The Hall–Kier alpha value is -0.920. The molecule has 0 saturated carbocycles. The van der Waals surface area contributed by atoms with Crippen LogP contribution in [-0.4, -0.2) is 30.2 Å². The number of carbonyl (C=O) groups excluding carboxylic acids is 1. The quantitative estimate of drug-likeness (QED) is 0.573. The van der Waals surface area contributed by atoms with Gasteiger partial charge in [0.2, 0.25) is 0 Å². The van der Waals surface area contributed by atoms with Gasteiger partial charge >= 0.3 is 0 Å². The Morgan fingerprint density at radius 2 is 1.88 bits per heavy atom. The van der Waals surface area contributed by atoms with E-state index >= 15 is 0 Å². The van der Waals surface area contributed by atoms with Gasteiger partial charge in [0.1, 0.15) is 5.75 Å². The van der Waals surface area contributed by atoms with Crippen molar-refractivity contribution in [2.75, 3.05) is 19.8 Å². The van der Waals surface area contributed by atoms with Crippen LogP contribution in [0.5, 0.6) is 5.75 Å². The van der Waals surface area contributed by atoms with Crippen LogP contribution in [0, 0.1) is 0 Å². The Labute approximate surface area is 105 Å². The van der Waals surface area contributed by atoms with Gasteiger partial charge in [-0.2, -0.15) is 0 Å². The molecule has 1 aromatic carbocycles. The van der Waals surface area contributed by atoms with Crippen LogP contribution in [0.15, 0.2) is 24.3 Å². The summed E-state index contributed by atoms with van der Waals surface area (Å²) >= 11 is 0. The van der Waals surface area contributed by atoms with Gasteiger partial charge in [0.05, 0.1) is 5.56 Å². The standard InChI is InChI=1S/C13H20NO2P/c1-5-14(6-2)17(4)16-13-10-8-7-9-12(13)11(3)15/h7-10H,5-6H2,1-4H3. The molecule has 0 spiro atoms. The Kier molecular flexibility index (Phi) is 5.60. The summed E-state index contributed by atoms with van der Waals surface area (Å²) in [7, 11) is -0.680. The van der Waals surface area contributed by atoms with Gasteiger partial charge in [-0.3, -0.25) is 9.46 Å². The Balaban J connectivity index is 2.84. The number of nitrogens with zero attached hydrogens (tertiary/aromatic N) is 1. The average molecular weight is 253 g/mol. The van der Waals surface area contributed by atoms with E-state index in [0.29, 0.717) is 11.3 Å². The molecule has 0 aliphatic heterocycles. The molecule has 0 N–H and O–H groups in total. The van der Waals surface area contributed by atoms with E-state index in [1.165, 1.54) is 0 Å². The second-order valence-corrected chi connectivity index (χ2v) is 5.42. The number of carbonyl (C=O) groups is 1. The summed E-state index contributed by atoms with van der Waals surface area (Å²) in [5, 5.41) is 0. The number of rotatable bonds is 6. The van der Waals surface area contributed by atoms with Crippen LogP contribution in [0.25, 0.3) is 0 Å². The highest BCUT2D eigenvalue weighted by molar-refractivity contribution is 7.49. The predicted molar refractivity (Wildman–Crippen MR) is 72.8 cm³/mol. The van der Waals surface area contributed by atoms with Crippen LogP contribution in [-0.2, 0) is 0 Å². The highest BCUT2D eigenvalue weighted by Crippen LogP contribution is 2.39. The lowest BCUT2D eigenvalue weighted by molar-refractivity contribution is 0.101. The SMILES string of the molecule is CCN(CC)P(C)Oc1ccccc1C(C)=O. The van der Waals surface area contributed by atoms with E-state index in [1.54, 1.807) is 6.92 Å². The molecule has 1 atom stereocenters. The van der Waals surface area contributed by atoms with Gasteiger partial charge in [0, 0.05) is 19.8 Å². The summed E-state index contributed by atoms with van der Waals surface area (Å²) in [6.45, 7) is 9.78. The molecule has 17 heavy (non-hydrogen) atoms. The number of para-hydroxylation sites is 1. The summed E-state index contributed by atoms with van der Waals surface area (Å²) < 4.78 is 8.18. The molecule has 0 saturated heterocycles. The fourth-order valence-corrected chi connectivity index (χ4v) is 3.02. The van der Waals surface area contributed by atoms with E-state index in [1.807, 2.05) is 24.3 Å². The number of hydrogen-bond acceptors (Lipinski definition) is 3. The van der Waals surface area contributed by atoms with Gasteiger partial charge in [-0.05, 0) is 19.1 Å². The molecule has 0 aliphatic carbocycles. The molecule has 3 nitrogen and oxygen atoms in total. The molecule has 0 bridgehead atoms. The molecule has 0 aromatic heterocycles. The van der Waals surface area contributed by atoms with Crippen molar-refractivity contribution in [3.63, 3.8) is 0 Å². The van der Waals surface area contributed by atoms with E-state index in [-0.39, 0.29) is 5.78 Å². The van der Waals surface area contributed by atoms with Crippen molar-refractivity contribution >= 4 is 14.1 Å². The molecule has 0 heterocycles. The molecule has 0 radical (unpaired) electrons.